The molecule has 0 aliphatic carbocycles. The average molecular weight is 293 g/mol. The highest BCUT2D eigenvalue weighted by molar-refractivity contribution is 5.88. The summed E-state index contributed by atoms with van der Waals surface area (Å²) in [7, 11) is 0. The first-order chi connectivity index (χ1) is 9.94. The lowest BCUT2D eigenvalue weighted by molar-refractivity contribution is -0.137. The number of carboxylic acids is 1. The number of carbonyl (C=O) groups is 2. The number of anilines is 1. The summed E-state index contributed by atoms with van der Waals surface area (Å²) in [5.41, 5.74) is 1.18. The smallest absolute Gasteiger partial charge is 0.325 e. The van der Waals surface area contributed by atoms with E-state index in [1.54, 1.807) is 6.92 Å². The molecular formula is C12H15N5O4. The fourth-order valence-electron chi connectivity index (χ4n) is 1.60. The minimum Gasteiger partial charge on any atom is -0.480 e. The van der Waals surface area contributed by atoms with E-state index in [1.807, 2.05) is 6.92 Å². The Bertz CT molecular complexity index is 641. The number of nitrogens with zero attached hydrogens (tertiary/aromatic N) is 3. The predicted molar refractivity (Wildman–Crippen MR) is 71.7 cm³/mol. The van der Waals surface area contributed by atoms with Gasteiger partial charge in [-0.15, -0.1) is 0 Å². The Kier molecular flexibility index (Phi) is 4.21. The number of hydrogen-bond acceptors (Lipinski definition) is 5. The van der Waals surface area contributed by atoms with Gasteiger partial charge in [0.15, 0.2) is 0 Å². The lowest BCUT2D eigenvalue weighted by Gasteiger charge is -2.03. The van der Waals surface area contributed by atoms with Crippen LogP contribution in [0.2, 0.25) is 0 Å². The molecule has 0 aromatic carbocycles. The summed E-state index contributed by atoms with van der Waals surface area (Å²) in [6.07, 6.45) is 2.79. The Morgan fingerprint density at radius 1 is 1.43 bits per heavy atom. The molecular weight excluding hydrogens is 278 g/mol. The van der Waals surface area contributed by atoms with E-state index in [-0.39, 0.29) is 13.1 Å². The van der Waals surface area contributed by atoms with Crippen molar-refractivity contribution in [3.63, 3.8) is 0 Å². The molecule has 0 atom stereocenters. The molecule has 9 nitrogen and oxygen atoms in total. The van der Waals surface area contributed by atoms with Crippen molar-refractivity contribution in [3.8, 4) is 0 Å². The standard InChI is InChI=1S/C12H15N5O4/c1-7-8(2)21-10(15-7)4-13-12(20)16-9-3-14-17(5-9)6-11(18)19/h3,5H,4,6H2,1-2H3,(H,18,19)(H2,13,16,20). The van der Waals surface area contributed by atoms with Crippen LogP contribution >= 0.6 is 0 Å². The van der Waals surface area contributed by atoms with Crippen molar-refractivity contribution in [2.24, 2.45) is 0 Å². The van der Waals surface area contributed by atoms with Crippen molar-refractivity contribution in [3.05, 3.63) is 29.7 Å². The maximum Gasteiger partial charge on any atom is 0.325 e. The summed E-state index contributed by atoms with van der Waals surface area (Å²) in [4.78, 5) is 26.3. The zero-order valence-electron chi connectivity index (χ0n) is 11.6. The molecule has 0 fully saturated rings. The van der Waals surface area contributed by atoms with E-state index in [0.29, 0.717) is 17.3 Å². The maximum atomic E-state index is 11.7. The molecule has 0 aliphatic heterocycles. The Morgan fingerprint density at radius 2 is 2.19 bits per heavy atom. The van der Waals surface area contributed by atoms with Crippen molar-refractivity contribution in [1.82, 2.24) is 20.1 Å². The van der Waals surface area contributed by atoms with Crippen LogP contribution in [0.3, 0.4) is 0 Å². The molecule has 2 rings (SSSR count). The molecule has 0 unspecified atom stereocenters. The van der Waals surface area contributed by atoms with Crippen LogP contribution in [0.25, 0.3) is 0 Å². The molecule has 21 heavy (non-hydrogen) atoms. The zero-order valence-corrected chi connectivity index (χ0v) is 11.6. The maximum absolute atomic E-state index is 11.7. The van der Waals surface area contributed by atoms with Crippen LogP contribution in [0.5, 0.6) is 0 Å². The summed E-state index contributed by atoms with van der Waals surface area (Å²) >= 11 is 0. The molecule has 2 aromatic heterocycles. The fraction of sp³-hybridized carbons (Fsp3) is 0.333. The second-order valence-corrected chi connectivity index (χ2v) is 4.38. The highest BCUT2D eigenvalue weighted by Crippen LogP contribution is 2.08. The number of nitrogens with one attached hydrogen (secondary N) is 2. The quantitative estimate of drug-likeness (QED) is 0.752. The van der Waals surface area contributed by atoms with E-state index in [2.05, 4.69) is 20.7 Å². The number of aryl methyl sites for hydroxylation is 2. The number of aliphatic carboxylic acids is 1. The second-order valence-electron chi connectivity index (χ2n) is 4.38. The minimum absolute atomic E-state index is 0.157. The molecule has 0 saturated carbocycles. The average Bonchev–Trinajstić information content (AvgIpc) is 2.94. The second kappa shape index (κ2) is 6.07. The number of rotatable bonds is 5. The van der Waals surface area contributed by atoms with Gasteiger partial charge in [-0.05, 0) is 13.8 Å². The number of urea groups is 1. The summed E-state index contributed by atoms with van der Waals surface area (Å²) in [6, 6.07) is -0.460. The molecule has 3 N–H and O–H groups in total. The Balaban J connectivity index is 1.84. The Labute approximate surface area is 120 Å². The van der Waals surface area contributed by atoms with Crippen molar-refractivity contribution >= 4 is 17.7 Å². The largest absolute Gasteiger partial charge is 0.480 e. The van der Waals surface area contributed by atoms with Gasteiger partial charge in [-0.2, -0.15) is 5.10 Å². The molecule has 9 heteroatoms. The van der Waals surface area contributed by atoms with E-state index in [0.717, 1.165) is 5.69 Å². The van der Waals surface area contributed by atoms with Crippen molar-refractivity contribution in [2.75, 3.05) is 5.32 Å². The molecule has 0 radical (unpaired) electrons. The van der Waals surface area contributed by atoms with Crippen LogP contribution in [0.15, 0.2) is 16.8 Å². The number of carboxylic acid groups (broad SMARTS) is 1. The van der Waals surface area contributed by atoms with Gasteiger partial charge in [-0.25, -0.2) is 9.78 Å². The first-order valence-corrected chi connectivity index (χ1v) is 6.16. The third kappa shape index (κ3) is 4.06. The Morgan fingerprint density at radius 3 is 2.81 bits per heavy atom. The van der Waals surface area contributed by atoms with E-state index in [4.69, 9.17) is 9.52 Å². The number of amides is 2. The minimum atomic E-state index is -1.01. The van der Waals surface area contributed by atoms with Crippen molar-refractivity contribution in [2.45, 2.75) is 26.9 Å². The van der Waals surface area contributed by atoms with Gasteiger partial charge in [-0.3, -0.25) is 9.48 Å². The van der Waals surface area contributed by atoms with Gasteiger partial charge in [0.25, 0.3) is 0 Å². The monoisotopic (exact) mass is 293 g/mol. The SMILES string of the molecule is Cc1nc(CNC(=O)Nc2cnn(CC(=O)O)c2)oc1C. The number of hydrogen-bond donors (Lipinski definition) is 3. The normalized spacial score (nSPS) is 10.4. The molecule has 2 heterocycles. The molecule has 0 spiro atoms. The Hall–Kier alpha value is -2.84. The highest BCUT2D eigenvalue weighted by atomic mass is 16.4. The molecule has 0 bridgehead atoms. The van der Waals surface area contributed by atoms with Gasteiger partial charge < -0.3 is 20.2 Å². The van der Waals surface area contributed by atoms with Crippen LogP contribution in [0.1, 0.15) is 17.3 Å². The summed E-state index contributed by atoms with van der Waals surface area (Å²) in [5, 5.41) is 17.5. The molecule has 112 valence electrons. The van der Waals surface area contributed by atoms with Crippen LogP contribution in [-0.2, 0) is 17.9 Å². The van der Waals surface area contributed by atoms with Gasteiger partial charge >= 0.3 is 12.0 Å². The van der Waals surface area contributed by atoms with Crippen LogP contribution in [-0.4, -0.2) is 31.9 Å². The lowest BCUT2D eigenvalue weighted by Crippen LogP contribution is -2.28. The topological polar surface area (TPSA) is 122 Å². The van der Waals surface area contributed by atoms with E-state index >= 15 is 0 Å². The summed E-state index contributed by atoms with van der Waals surface area (Å²) in [5.74, 6) is 0.118. The van der Waals surface area contributed by atoms with Crippen molar-refractivity contribution < 1.29 is 19.1 Å². The molecule has 0 saturated heterocycles. The van der Waals surface area contributed by atoms with Gasteiger partial charge in [0, 0.05) is 6.20 Å². The summed E-state index contributed by atoms with van der Waals surface area (Å²) < 4.78 is 6.53. The van der Waals surface area contributed by atoms with Gasteiger partial charge in [-0.1, -0.05) is 0 Å². The van der Waals surface area contributed by atoms with E-state index in [9.17, 15) is 9.59 Å². The third-order valence-electron chi connectivity index (χ3n) is 2.66. The first-order valence-electron chi connectivity index (χ1n) is 6.16. The van der Waals surface area contributed by atoms with Gasteiger partial charge in [0.05, 0.1) is 24.1 Å². The molecule has 0 aliphatic rings. The lowest BCUT2D eigenvalue weighted by atomic mass is 10.4. The number of oxazole rings is 1. The number of aromatic nitrogens is 3. The molecule has 2 amide bonds. The highest BCUT2D eigenvalue weighted by Gasteiger charge is 2.09. The fourth-order valence-corrected chi connectivity index (χ4v) is 1.60. The van der Waals surface area contributed by atoms with Crippen LogP contribution < -0.4 is 10.6 Å². The van der Waals surface area contributed by atoms with Crippen LogP contribution in [0.4, 0.5) is 10.5 Å². The summed E-state index contributed by atoms with van der Waals surface area (Å²) in [6.45, 7) is 3.50. The predicted octanol–water partition coefficient (Wildman–Crippen LogP) is 0.894. The zero-order chi connectivity index (χ0) is 15.4. The molecule has 2 aromatic rings. The van der Waals surface area contributed by atoms with E-state index < -0.39 is 12.0 Å². The van der Waals surface area contributed by atoms with Crippen molar-refractivity contribution in [1.29, 1.82) is 0 Å². The van der Waals surface area contributed by atoms with Crippen LogP contribution in [0, 0.1) is 13.8 Å². The van der Waals surface area contributed by atoms with E-state index in [1.165, 1.54) is 17.1 Å². The van der Waals surface area contributed by atoms with Gasteiger partial charge in [0.2, 0.25) is 5.89 Å². The number of carbonyl (C=O) groups excluding carboxylic acids is 1. The third-order valence-corrected chi connectivity index (χ3v) is 2.66. The van der Waals surface area contributed by atoms with Gasteiger partial charge in [0.1, 0.15) is 12.3 Å². The first kappa shape index (κ1) is 14.6.